The Morgan fingerprint density at radius 3 is 2.40 bits per heavy atom. The maximum Gasteiger partial charge on any atom is 0.134 e. The van der Waals surface area contributed by atoms with Gasteiger partial charge in [0.05, 0.1) is 0 Å². The molecule has 1 aliphatic carbocycles. The zero-order chi connectivity index (χ0) is 10.2. The van der Waals surface area contributed by atoms with Crippen molar-refractivity contribution in [2.45, 2.75) is 18.3 Å². The Bertz CT molecular complexity index is 373. The van der Waals surface area contributed by atoms with Crippen LogP contribution in [0.15, 0.2) is 24.3 Å². The molecule has 4 heteroatoms. The summed E-state index contributed by atoms with van der Waals surface area (Å²) in [6, 6.07) is 6.55. The van der Waals surface area contributed by atoms with Gasteiger partial charge in [-0.2, -0.15) is 0 Å². The topological polar surface area (TPSA) is 43.1 Å². The highest BCUT2D eigenvalue weighted by Crippen LogP contribution is 2.41. The summed E-state index contributed by atoms with van der Waals surface area (Å²) in [6.07, 6.45) is 0.759. The predicted octanol–water partition coefficient (Wildman–Crippen LogP) is 1.81. The van der Waals surface area contributed by atoms with Crippen LogP contribution < -0.4 is 5.73 Å². The molecule has 0 bridgehead atoms. The van der Waals surface area contributed by atoms with E-state index in [9.17, 15) is 9.18 Å². The third-order valence-electron chi connectivity index (χ3n) is 2.91. The number of carbonyl (C=O) groups excluding carboxylic acids is 1. The van der Waals surface area contributed by atoms with Crippen LogP contribution in [-0.4, -0.2) is 12.3 Å². The van der Waals surface area contributed by atoms with Gasteiger partial charge in [-0.05, 0) is 11.6 Å². The van der Waals surface area contributed by atoms with E-state index >= 15 is 0 Å². The van der Waals surface area contributed by atoms with Gasteiger partial charge < -0.3 is 5.73 Å². The second kappa shape index (κ2) is 4.29. The van der Waals surface area contributed by atoms with Crippen molar-refractivity contribution < 1.29 is 9.18 Å². The van der Waals surface area contributed by atoms with E-state index in [4.69, 9.17) is 5.73 Å². The van der Waals surface area contributed by atoms with Gasteiger partial charge in [-0.1, -0.05) is 18.2 Å². The second-order valence-corrected chi connectivity index (χ2v) is 3.86. The van der Waals surface area contributed by atoms with E-state index in [1.54, 1.807) is 18.2 Å². The molecule has 0 heterocycles. The van der Waals surface area contributed by atoms with Gasteiger partial charge in [0.2, 0.25) is 0 Å². The van der Waals surface area contributed by atoms with E-state index in [0.717, 1.165) is 0 Å². The number of ketones is 1. The molecule has 0 atom stereocenters. The first-order valence-electron chi connectivity index (χ1n) is 4.65. The lowest BCUT2D eigenvalue weighted by Crippen LogP contribution is -2.48. The molecule has 1 aliphatic rings. The van der Waals surface area contributed by atoms with Crippen LogP contribution >= 0.6 is 12.4 Å². The Kier molecular flexibility index (Phi) is 3.47. The first-order valence-corrected chi connectivity index (χ1v) is 4.65. The van der Waals surface area contributed by atoms with E-state index in [2.05, 4.69) is 0 Å². The van der Waals surface area contributed by atoms with Crippen LogP contribution in [-0.2, 0) is 10.2 Å². The van der Waals surface area contributed by atoms with Gasteiger partial charge in [-0.25, -0.2) is 4.39 Å². The fourth-order valence-corrected chi connectivity index (χ4v) is 2.04. The van der Waals surface area contributed by atoms with E-state index in [1.165, 1.54) is 6.07 Å². The fourth-order valence-electron chi connectivity index (χ4n) is 2.04. The molecule has 0 aromatic heterocycles. The molecular weight excluding hydrogens is 217 g/mol. The van der Waals surface area contributed by atoms with E-state index in [0.29, 0.717) is 24.9 Å². The molecule has 2 rings (SSSR count). The molecule has 2 N–H and O–H groups in total. The SMILES string of the molecule is Cl.NCC1(c2ccccc2F)CC(=O)C1. The average Bonchev–Trinajstić information content (AvgIpc) is 2.14. The zero-order valence-electron chi connectivity index (χ0n) is 8.20. The molecule has 82 valence electrons. The minimum atomic E-state index is -0.428. The van der Waals surface area contributed by atoms with Crippen molar-refractivity contribution >= 4 is 18.2 Å². The number of halogens is 2. The highest BCUT2D eigenvalue weighted by atomic mass is 35.5. The van der Waals surface area contributed by atoms with Crippen LogP contribution in [0.5, 0.6) is 0 Å². The molecule has 1 aromatic carbocycles. The number of rotatable bonds is 2. The van der Waals surface area contributed by atoms with Crippen LogP contribution in [0.1, 0.15) is 18.4 Å². The van der Waals surface area contributed by atoms with Gasteiger partial charge in [0, 0.05) is 24.8 Å². The van der Waals surface area contributed by atoms with Gasteiger partial charge in [-0.3, -0.25) is 4.79 Å². The van der Waals surface area contributed by atoms with Crippen LogP contribution in [0.25, 0.3) is 0 Å². The standard InChI is InChI=1S/C11H12FNO.ClH/c12-10-4-2-1-3-9(10)11(7-13)5-8(14)6-11;/h1-4H,5-7,13H2;1H. The van der Waals surface area contributed by atoms with Gasteiger partial charge >= 0.3 is 0 Å². The van der Waals surface area contributed by atoms with Crippen LogP contribution in [0.2, 0.25) is 0 Å². The number of nitrogens with two attached hydrogens (primary N) is 1. The molecule has 1 saturated carbocycles. The smallest absolute Gasteiger partial charge is 0.134 e. The lowest BCUT2D eigenvalue weighted by atomic mass is 9.63. The maximum absolute atomic E-state index is 13.5. The summed E-state index contributed by atoms with van der Waals surface area (Å²) < 4.78 is 13.5. The molecule has 15 heavy (non-hydrogen) atoms. The van der Waals surface area contributed by atoms with E-state index in [-0.39, 0.29) is 24.0 Å². The monoisotopic (exact) mass is 229 g/mol. The predicted molar refractivity (Wildman–Crippen MR) is 58.6 cm³/mol. The molecule has 0 aliphatic heterocycles. The first-order chi connectivity index (χ1) is 6.68. The summed E-state index contributed by atoms with van der Waals surface area (Å²) in [5.74, 6) is -0.0934. The highest BCUT2D eigenvalue weighted by Gasteiger charge is 2.45. The lowest BCUT2D eigenvalue weighted by molar-refractivity contribution is -0.128. The normalized spacial score (nSPS) is 17.9. The molecule has 0 amide bonds. The highest BCUT2D eigenvalue weighted by molar-refractivity contribution is 5.88. The van der Waals surface area contributed by atoms with Crippen LogP contribution in [0, 0.1) is 5.82 Å². The summed E-state index contributed by atoms with van der Waals surface area (Å²) in [6.45, 7) is 0.333. The maximum atomic E-state index is 13.5. The van der Waals surface area contributed by atoms with Crippen LogP contribution in [0.3, 0.4) is 0 Å². The second-order valence-electron chi connectivity index (χ2n) is 3.86. The fraction of sp³-hybridized carbons (Fsp3) is 0.364. The third kappa shape index (κ3) is 1.90. The Morgan fingerprint density at radius 1 is 1.33 bits per heavy atom. The van der Waals surface area contributed by atoms with E-state index < -0.39 is 5.41 Å². The third-order valence-corrected chi connectivity index (χ3v) is 2.91. The Hall–Kier alpha value is -0.930. The molecule has 0 spiro atoms. The molecule has 0 saturated heterocycles. The minimum Gasteiger partial charge on any atom is -0.330 e. The average molecular weight is 230 g/mol. The van der Waals surface area contributed by atoms with Crippen molar-refractivity contribution in [1.29, 1.82) is 0 Å². The first kappa shape index (κ1) is 12.1. The summed E-state index contributed by atoms with van der Waals surface area (Å²) >= 11 is 0. The Morgan fingerprint density at radius 2 is 1.93 bits per heavy atom. The number of carbonyl (C=O) groups is 1. The summed E-state index contributed by atoms with van der Waals surface area (Å²) in [5, 5.41) is 0. The van der Waals surface area contributed by atoms with Crippen LogP contribution in [0.4, 0.5) is 4.39 Å². The lowest BCUT2D eigenvalue weighted by Gasteiger charge is -2.40. The quantitative estimate of drug-likeness (QED) is 0.841. The molecule has 1 aromatic rings. The number of Topliss-reactive ketones (excluding diaryl/α,β-unsaturated/α-hetero) is 1. The van der Waals surface area contributed by atoms with Gasteiger partial charge in [0.1, 0.15) is 11.6 Å². The molecule has 0 radical (unpaired) electrons. The van der Waals surface area contributed by atoms with Crippen molar-refractivity contribution in [2.24, 2.45) is 5.73 Å². The summed E-state index contributed by atoms with van der Waals surface area (Å²) in [4.78, 5) is 11.0. The largest absolute Gasteiger partial charge is 0.330 e. The molecular formula is C11H13ClFNO. The number of hydrogen-bond donors (Lipinski definition) is 1. The van der Waals surface area contributed by atoms with Gasteiger partial charge in [0.15, 0.2) is 0 Å². The van der Waals surface area contributed by atoms with Gasteiger partial charge in [0.25, 0.3) is 0 Å². The van der Waals surface area contributed by atoms with Crippen molar-refractivity contribution in [3.8, 4) is 0 Å². The molecule has 1 fully saturated rings. The Balaban J connectivity index is 0.00000112. The minimum absolute atomic E-state index is 0. The van der Waals surface area contributed by atoms with Crippen molar-refractivity contribution in [2.75, 3.05) is 6.54 Å². The summed E-state index contributed by atoms with van der Waals surface area (Å²) in [5.41, 5.74) is 5.77. The number of hydrogen-bond acceptors (Lipinski definition) is 2. The Labute approximate surface area is 94.1 Å². The van der Waals surface area contributed by atoms with Crippen molar-refractivity contribution in [3.05, 3.63) is 35.6 Å². The van der Waals surface area contributed by atoms with Crippen molar-refractivity contribution in [3.63, 3.8) is 0 Å². The van der Waals surface area contributed by atoms with Crippen molar-refractivity contribution in [1.82, 2.24) is 0 Å². The zero-order valence-corrected chi connectivity index (χ0v) is 9.02. The van der Waals surface area contributed by atoms with E-state index in [1.807, 2.05) is 0 Å². The molecule has 0 unspecified atom stereocenters. The van der Waals surface area contributed by atoms with Gasteiger partial charge in [-0.15, -0.1) is 12.4 Å². The summed E-state index contributed by atoms with van der Waals surface area (Å²) in [7, 11) is 0. The molecule has 2 nitrogen and oxygen atoms in total. The number of benzene rings is 1.